The number of aromatic nitrogens is 4. The largest absolute Gasteiger partial charge is 0.493 e. The Morgan fingerprint density at radius 2 is 1.82 bits per heavy atom. The minimum atomic E-state index is -0.816. The van der Waals surface area contributed by atoms with Gasteiger partial charge >= 0.3 is 5.69 Å². The quantitative estimate of drug-likeness (QED) is 0.266. The number of hydrogen-bond acceptors (Lipinski definition) is 12. The molecule has 1 fully saturated rings. The Bertz CT molecular complexity index is 1350. The second kappa shape index (κ2) is 12.4. The molecule has 14 heteroatoms. The van der Waals surface area contributed by atoms with E-state index in [1.54, 1.807) is 34.4 Å². The summed E-state index contributed by atoms with van der Waals surface area (Å²) in [6.07, 6.45) is 1.56. The van der Waals surface area contributed by atoms with Crippen molar-refractivity contribution in [1.29, 1.82) is 0 Å². The van der Waals surface area contributed by atoms with Gasteiger partial charge < -0.3 is 40.6 Å². The number of nitrogen functional groups attached to an aromatic ring is 2. The van der Waals surface area contributed by atoms with Crippen molar-refractivity contribution in [2.24, 2.45) is 0 Å². The monoisotopic (exact) mass is 532 g/mol. The van der Waals surface area contributed by atoms with Crippen LogP contribution in [0.5, 0.6) is 17.2 Å². The number of benzene rings is 1. The fraction of sp³-hybridized carbons (Fsp3) is 0.417. The third-order valence-corrected chi connectivity index (χ3v) is 5.88. The van der Waals surface area contributed by atoms with Gasteiger partial charge in [0.05, 0.1) is 34.0 Å². The van der Waals surface area contributed by atoms with E-state index in [1.807, 2.05) is 12.1 Å². The SMILES string of the molecule is COc1cc(Cc2cnc(N)nc2N)cc(OC)c1OC.Cc1cn([C@H]2C[C@H](O)[C@@H](CO)O2)c(=O)[nH]c1=O. The molecule has 0 unspecified atom stereocenters. The van der Waals surface area contributed by atoms with E-state index in [0.29, 0.717) is 35.1 Å². The third-order valence-electron chi connectivity index (χ3n) is 5.88. The molecule has 0 aliphatic carbocycles. The molecule has 0 bridgehead atoms. The highest BCUT2D eigenvalue weighted by molar-refractivity contribution is 5.55. The lowest BCUT2D eigenvalue weighted by Gasteiger charge is -2.14. The topological polar surface area (TPSA) is 210 Å². The lowest BCUT2D eigenvalue weighted by molar-refractivity contribution is -0.0459. The van der Waals surface area contributed by atoms with Gasteiger partial charge in [0.15, 0.2) is 11.5 Å². The molecule has 0 amide bonds. The molecular weight excluding hydrogens is 500 g/mol. The van der Waals surface area contributed by atoms with Crippen LogP contribution in [0.4, 0.5) is 11.8 Å². The van der Waals surface area contributed by atoms with Crippen molar-refractivity contribution in [1.82, 2.24) is 19.5 Å². The fourth-order valence-corrected chi connectivity index (χ4v) is 3.88. The number of aromatic amines is 1. The molecule has 3 heterocycles. The van der Waals surface area contributed by atoms with Gasteiger partial charge in [0.1, 0.15) is 18.1 Å². The molecule has 2 aromatic heterocycles. The first-order valence-electron chi connectivity index (χ1n) is 11.5. The van der Waals surface area contributed by atoms with Crippen LogP contribution >= 0.6 is 0 Å². The highest BCUT2D eigenvalue weighted by Crippen LogP contribution is 2.38. The zero-order chi connectivity index (χ0) is 28.0. The van der Waals surface area contributed by atoms with Gasteiger partial charge in [-0.15, -0.1) is 0 Å². The Morgan fingerprint density at radius 3 is 2.34 bits per heavy atom. The highest BCUT2D eigenvalue weighted by atomic mass is 16.5. The van der Waals surface area contributed by atoms with Crippen molar-refractivity contribution in [2.45, 2.75) is 38.2 Å². The van der Waals surface area contributed by atoms with Gasteiger partial charge in [-0.2, -0.15) is 4.98 Å². The smallest absolute Gasteiger partial charge is 0.330 e. The number of nitrogens with zero attached hydrogens (tertiary/aromatic N) is 3. The summed E-state index contributed by atoms with van der Waals surface area (Å²) < 4.78 is 22.5. The molecule has 4 rings (SSSR count). The zero-order valence-corrected chi connectivity index (χ0v) is 21.5. The van der Waals surface area contributed by atoms with E-state index in [1.165, 1.54) is 10.8 Å². The number of rotatable bonds is 7. The second-order valence-corrected chi connectivity index (χ2v) is 8.44. The van der Waals surface area contributed by atoms with E-state index in [2.05, 4.69) is 15.0 Å². The lowest BCUT2D eigenvalue weighted by Crippen LogP contribution is -2.33. The summed E-state index contributed by atoms with van der Waals surface area (Å²) in [5, 5.41) is 18.5. The molecule has 1 aliphatic heterocycles. The van der Waals surface area contributed by atoms with Crippen molar-refractivity contribution in [2.75, 3.05) is 39.4 Å². The lowest BCUT2D eigenvalue weighted by atomic mass is 10.1. The number of hydrogen-bond donors (Lipinski definition) is 5. The van der Waals surface area contributed by atoms with Crippen LogP contribution in [0, 0.1) is 6.92 Å². The van der Waals surface area contributed by atoms with Gasteiger partial charge in [-0.25, -0.2) is 9.78 Å². The molecule has 1 aliphatic rings. The summed E-state index contributed by atoms with van der Waals surface area (Å²) in [5.41, 5.74) is 12.4. The first-order chi connectivity index (χ1) is 18.1. The predicted octanol–water partition coefficient (Wildman–Crippen LogP) is -0.257. The number of aryl methyl sites for hydroxylation is 1. The van der Waals surface area contributed by atoms with Crippen LogP contribution in [0.15, 0.2) is 34.1 Å². The molecule has 1 saturated heterocycles. The third kappa shape index (κ3) is 6.40. The van der Waals surface area contributed by atoms with Crippen LogP contribution in [0.2, 0.25) is 0 Å². The van der Waals surface area contributed by atoms with Crippen LogP contribution < -0.4 is 36.9 Å². The van der Waals surface area contributed by atoms with Crippen LogP contribution in [0.3, 0.4) is 0 Å². The maximum Gasteiger partial charge on any atom is 0.330 e. The minimum absolute atomic E-state index is 0.154. The highest BCUT2D eigenvalue weighted by Gasteiger charge is 2.35. The summed E-state index contributed by atoms with van der Waals surface area (Å²) in [6, 6.07) is 3.72. The van der Waals surface area contributed by atoms with Crippen LogP contribution in [0.25, 0.3) is 0 Å². The molecule has 3 atom stereocenters. The van der Waals surface area contributed by atoms with Crippen molar-refractivity contribution in [3.05, 3.63) is 62.1 Å². The van der Waals surface area contributed by atoms with Gasteiger partial charge in [-0.3, -0.25) is 14.3 Å². The van der Waals surface area contributed by atoms with Crippen LogP contribution in [0.1, 0.15) is 29.3 Å². The number of aliphatic hydroxyl groups is 2. The van der Waals surface area contributed by atoms with E-state index in [4.69, 9.17) is 35.5 Å². The molecule has 0 saturated carbocycles. The Balaban J connectivity index is 0.000000215. The molecule has 206 valence electrons. The summed E-state index contributed by atoms with van der Waals surface area (Å²) >= 11 is 0. The summed E-state index contributed by atoms with van der Waals surface area (Å²) in [4.78, 5) is 32.8. The maximum absolute atomic E-state index is 11.6. The Morgan fingerprint density at radius 1 is 1.16 bits per heavy atom. The van der Waals surface area contributed by atoms with Gasteiger partial charge in [-0.05, 0) is 24.6 Å². The predicted molar refractivity (Wildman–Crippen MR) is 137 cm³/mol. The molecule has 14 nitrogen and oxygen atoms in total. The number of methoxy groups -OCH3 is 3. The Kier molecular flexibility index (Phi) is 9.28. The second-order valence-electron chi connectivity index (χ2n) is 8.44. The van der Waals surface area contributed by atoms with Gasteiger partial charge in [0, 0.05) is 36.4 Å². The molecule has 0 radical (unpaired) electrons. The Labute approximate surface area is 217 Å². The maximum atomic E-state index is 11.6. The minimum Gasteiger partial charge on any atom is -0.493 e. The van der Waals surface area contributed by atoms with E-state index in [9.17, 15) is 14.7 Å². The fourth-order valence-electron chi connectivity index (χ4n) is 3.88. The van der Waals surface area contributed by atoms with Crippen molar-refractivity contribution in [3.8, 4) is 17.2 Å². The molecule has 0 spiro atoms. The zero-order valence-electron chi connectivity index (χ0n) is 21.5. The van der Waals surface area contributed by atoms with Gasteiger partial charge in [-0.1, -0.05) is 0 Å². The van der Waals surface area contributed by atoms with Gasteiger partial charge in [0.2, 0.25) is 11.7 Å². The Hall–Kier alpha value is -4.14. The first-order valence-corrected chi connectivity index (χ1v) is 11.5. The van der Waals surface area contributed by atoms with Gasteiger partial charge in [0.25, 0.3) is 5.56 Å². The number of anilines is 2. The summed E-state index contributed by atoms with van der Waals surface area (Å²) in [6.45, 7) is 1.26. The number of nitrogens with two attached hydrogens (primary N) is 2. The molecule has 7 N–H and O–H groups in total. The summed E-state index contributed by atoms with van der Waals surface area (Å²) in [7, 11) is 4.70. The average molecular weight is 533 g/mol. The van der Waals surface area contributed by atoms with Crippen molar-refractivity contribution >= 4 is 11.8 Å². The molecular formula is C24H32N6O8. The first kappa shape index (κ1) is 28.4. The number of aliphatic hydroxyl groups excluding tert-OH is 2. The number of H-pyrrole nitrogens is 1. The average Bonchev–Trinajstić information content (AvgIpc) is 3.27. The normalized spacial score (nSPS) is 18.4. The number of nitrogens with one attached hydrogen (secondary N) is 1. The van der Waals surface area contributed by atoms with Crippen molar-refractivity contribution in [3.63, 3.8) is 0 Å². The van der Waals surface area contributed by atoms with E-state index < -0.39 is 29.7 Å². The number of ether oxygens (including phenoxy) is 4. The van der Waals surface area contributed by atoms with E-state index >= 15 is 0 Å². The van der Waals surface area contributed by atoms with Crippen LogP contribution in [-0.4, -0.2) is 69.9 Å². The van der Waals surface area contributed by atoms with Crippen molar-refractivity contribution < 1.29 is 29.2 Å². The molecule has 38 heavy (non-hydrogen) atoms. The molecule has 1 aromatic carbocycles. The van der Waals surface area contributed by atoms with E-state index in [-0.39, 0.29) is 19.0 Å². The standard InChI is InChI=1S/C14H18N4O3.C10H14N2O5/c1-19-10-5-8(6-11(20-2)12(10)21-3)4-9-7-17-14(16)18-13(9)15;1-5-3-12(10(16)11-9(5)15)8-2-6(14)7(4-13)17-8/h5-7H,4H2,1-3H3,(H4,15,16,17,18);3,6-8,13-14H,2,4H2,1H3,(H,11,15,16)/t;6-,7+,8+/m.0/s1. The summed E-state index contributed by atoms with van der Waals surface area (Å²) in [5.74, 6) is 2.23. The van der Waals surface area contributed by atoms with E-state index in [0.717, 1.165) is 11.1 Å². The van der Waals surface area contributed by atoms with Crippen LogP contribution in [-0.2, 0) is 11.2 Å². The molecule has 3 aromatic rings.